The van der Waals surface area contributed by atoms with Crippen molar-refractivity contribution in [2.75, 3.05) is 12.5 Å². The number of nitrogens with one attached hydrogen (secondary N) is 1. The maximum absolute atomic E-state index is 11.7. The van der Waals surface area contributed by atoms with Crippen LogP contribution in [-0.4, -0.2) is 39.3 Å². The van der Waals surface area contributed by atoms with Gasteiger partial charge in [-0.2, -0.15) is 0 Å². The van der Waals surface area contributed by atoms with E-state index < -0.39 is 24.9 Å². The van der Waals surface area contributed by atoms with Crippen molar-refractivity contribution in [3.05, 3.63) is 24.0 Å². The van der Waals surface area contributed by atoms with E-state index in [2.05, 4.69) is 9.97 Å². The molecule has 2 aromatic rings. The molecule has 1 aromatic heterocycles. The van der Waals surface area contributed by atoms with Gasteiger partial charge >= 0.3 is 0 Å². The number of nitrogens with zero attached hydrogens (tertiary/aromatic N) is 1. The van der Waals surface area contributed by atoms with Crippen LogP contribution in [0.5, 0.6) is 0 Å². The average molecular weight is 302 g/mol. The van der Waals surface area contributed by atoms with Crippen LogP contribution in [0.1, 0.15) is 18.0 Å². The molecule has 0 aliphatic heterocycles. The third-order valence-corrected chi connectivity index (χ3v) is 5.56. The SMILES string of the molecule is CC(c1nc2c(S(C)(=O)=O)cccc2[nH]1)S(C)(=O)=O. The Hall–Kier alpha value is -1.41. The number of para-hydroxylation sites is 1. The van der Waals surface area contributed by atoms with E-state index in [1.807, 2.05) is 0 Å². The minimum atomic E-state index is -3.41. The molecule has 104 valence electrons. The molecule has 0 saturated heterocycles. The average Bonchev–Trinajstić information content (AvgIpc) is 2.67. The Kier molecular flexibility index (Phi) is 3.18. The Balaban J connectivity index is 2.72. The van der Waals surface area contributed by atoms with Crippen LogP contribution in [0, 0.1) is 0 Å². The number of aromatic nitrogens is 2. The monoisotopic (exact) mass is 302 g/mol. The highest BCUT2D eigenvalue weighted by Gasteiger charge is 2.23. The summed E-state index contributed by atoms with van der Waals surface area (Å²) in [6.07, 6.45) is 2.21. The highest BCUT2D eigenvalue weighted by molar-refractivity contribution is 7.91. The summed E-state index contributed by atoms with van der Waals surface area (Å²) in [7, 11) is -6.70. The van der Waals surface area contributed by atoms with Crippen LogP contribution in [0.4, 0.5) is 0 Å². The lowest BCUT2D eigenvalue weighted by atomic mass is 10.3. The highest BCUT2D eigenvalue weighted by Crippen LogP contribution is 2.25. The first-order chi connectivity index (χ1) is 8.60. The first kappa shape index (κ1) is 14.0. The van der Waals surface area contributed by atoms with Gasteiger partial charge in [0.2, 0.25) is 0 Å². The van der Waals surface area contributed by atoms with Gasteiger partial charge in [0.1, 0.15) is 16.6 Å². The minimum absolute atomic E-state index is 0.0909. The van der Waals surface area contributed by atoms with Crippen LogP contribution in [0.2, 0.25) is 0 Å². The second kappa shape index (κ2) is 4.31. The molecule has 0 radical (unpaired) electrons. The number of hydrogen-bond acceptors (Lipinski definition) is 5. The molecule has 2 rings (SSSR count). The second-order valence-electron chi connectivity index (χ2n) is 4.52. The number of sulfone groups is 2. The van der Waals surface area contributed by atoms with Gasteiger partial charge in [-0.3, -0.25) is 0 Å². The molecule has 0 fully saturated rings. The van der Waals surface area contributed by atoms with Gasteiger partial charge in [0.15, 0.2) is 19.7 Å². The highest BCUT2D eigenvalue weighted by atomic mass is 32.2. The topological polar surface area (TPSA) is 97.0 Å². The van der Waals surface area contributed by atoms with Crippen molar-refractivity contribution in [2.24, 2.45) is 0 Å². The number of benzene rings is 1. The van der Waals surface area contributed by atoms with Crippen LogP contribution >= 0.6 is 0 Å². The molecule has 1 atom stereocenters. The van der Waals surface area contributed by atoms with Crippen molar-refractivity contribution < 1.29 is 16.8 Å². The van der Waals surface area contributed by atoms with Gasteiger partial charge in [0.05, 0.1) is 10.4 Å². The third kappa shape index (κ3) is 2.64. The first-order valence-electron chi connectivity index (χ1n) is 5.48. The lowest BCUT2D eigenvalue weighted by Gasteiger charge is -2.04. The standard InChI is InChI=1S/C11H14N2O4S2/c1-7(18(2,14)15)11-12-8-5-4-6-9(10(8)13-11)19(3,16)17/h4-7H,1-3H3,(H,12,13). The third-order valence-electron chi connectivity index (χ3n) is 2.92. The Morgan fingerprint density at radius 3 is 2.32 bits per heavy atom. The zero-order valence-corrected chi connectivity index (χ0v) is 12.3. The number of rotatable bonds is 3. The molecule has 0 aliphatic rings. The van der Waals surface area contributed by atoms with E-state index in [1.165, 1.54) is 13.0 Å². The summed E-state index contributed by atoms with van der Waals surface area (Å²) in [5.41, 5.74) is 0.781. The fourth-order valence-electron chi connectivity index (χ4n) is 1.72. The Morgan fingerprint density at radius 1 is 1.16 bits per heavy atom. The van der Waals surface area contributed by atoms with Crippen LogP contribution in [-0.2, 0) is 19.7 Å². The van der Waals surface area contributed by atoms with E-state index >= 15 is 0 Å². The number of aromatic amines is 1. The van der Waals surface area contributed by atoms with Crippen LogP contribution in [0.15, 0.2) is 23.1 Å². The van der Waals surface area contributed by atoms with E-state index in [9.17, 15) is 16.8 Å². The molecule has 1 unspecified atom stereocenters. The summed E-state index contributed by atoms with van der Waals surface area (Å²) in [6, 6.07) is 4.70. The van der Waals surface area contributed by atoms with Crippen LogP contribution in [0.3, 0.4) is 0 Å². The van der Waals surface area contributed by atoms with Crippen molar-refractivity contribution >= 4 is 30.7 Å². The number of H-pyrrole nitrogens is 1. The van der Waals surface area contributed by atoms with Crippen LogP contribution in [0.25, 0.3) is 11.0 Å². The van der Waals surface area contributed by atoms with Crippen molar-refractivity contribution in [1.29, 1.82) is 0 Å². The quantitative estimate of drug-likeness (QED) is 0.914. The van der Waals surface area contributed by atoms with E-state index in [-0.39, 0.29) is 16.2 Å². The summed E-state index contributed by atoms with van der Waals surface area (Å²) >= 11 is 0. The maximum Gasteiger partial charge on any atom is 0.177 e. The molecule has 0 spiro atoms. The minimum Gasteiger partial charge on any atom is -0.341 e. The Morgan fingerprint density at radius 2 is 1.79 bits per heavy atom. The lowest BCUT2D eigenvalue weighted by molar-refractivity contribution is 0.590. The van der Waals surface area contributed by atoms with E-state index in [1.54, 1.807) is 12.1 Å². The lowest BCUT2D eigenvalue weighted by Crippen LogP contribution is -2.09. The van der Waals surface area contributed by atoms with E-state index in [4.69, 9.17) is 0 Å². The molecule has 0 amide bonds. The summed E-state index contributed by atoms with van der Waals surface area (Å²) in [6.45, 7) is 1.51. The van der Waals surface area contributed by atoms with Gasteiger partial charge in [0, 0.05) is 12.5 Å². The zero-order valence-electron chi connectivity index (χ0n) is 10.7. The second-order valence-corrected chi connectivity index (χ2v) is 8.87. The largest absolute Gasteiger partial charge is 0.341 e. The van der Waals surface area contributed by atoms with Crippen LogP contribution < -0.4 is 0 Å². The number of fused-ring (bicyclic) bond motifs is 1. The first-order valence-corrected chi connectivity index (χ1v) is 9.33. The fraction of sp³-hybridized carbons (Fsp3) is 0.364. The Bertz CT molecular complexity index is 835. The van der Waals surface area contributed by atoms with Gasteiger partial charge in [0.25, 0.3) is 0 Å². The molecule has 0 aliphatic carbocycles. The smallest absolute Gasteiger partial charge is 0.177 e. The number of hydrogen-bond donors (Lipinski definition) is 1. The van der Waals surface area contributed by atoms with Gasteiger partial charge in [-0.25, -0.2) is 21.8 Å². The molecule has 19 heavy (non-hydrogen) atoms. The molecule has 1 N–H and O–H groups in total. The summed E-state index contributed by atoms with van der Waals surface area (Å²) < 4.78 is 46.3. The molecule has 0 bridgehead atoms. The Labute approximate surface area is 111 Å². The number of imidazole rings is 1. The van der Waals surface area contributed by atoms with E-state index in [0.717, 1.165) is 12.5 Å². The maximum atomic E-state index is 11.7. The van der Waals surface area contributed by atoms with Gasteiger partial charge < -0.3 is 4.98 Å². The van der Waals surface area contributed by atoms with Crippen molar-refractivity contribution in [3.63, 3.8) is 0 Å². The fourth-order valence-corrected chi connectivity index (χ4v) is 3.07. The molecule has 8 heteroatoms. The zero-order chi connectivity index (χ0) is 14.4. The predicted octanol–water partition coefficient (Wildman–Crippen LogP) is 1.07. The molecular formula is C11H14N2O4S2. The van der Waals surface area contributed by atoms with Crippen molar-refractivity contribution in [2.45, 2.75) is 17.1 Å². The van der Waals surface area contributed by atoms with Gasteiger partial charge in [-0.15, -0.1) is 0 Å². The normalized spacial score (nSPS) is 14.7. The van der Waals surface area contributed by atoms with Gasteiger partial charge in [-0.05, 0) is 19.1 Å². The summed E-state index contributed by atoms with van der Waals surface area (Å²) in [5.74, 6) is 0.244. The van der Waals surface area contributed by atoms with E-state index in [0.29, 0.717) is 5.52 Å². The summed E-state index contributed by atoms with van der Waals surface area (Å²) in [4.78, 5) is 7.08. The van der Waals surface area contributed by atoms with Crippen molar-refractivity contribution in [1.82, 2.24) is 9.97 Å². The molecule has 1 aromatic carbocycles. The molecular weight excluding hydrogens is 288 g/mol. The van der Waals surface area contributed by atoms with Crippen molar-refractivity contribution in [3.8, 4) is 0 Å². The predicted molar refractivity (Wildman–Crippen MR) is 72.5 cm³/mol. The molecule has 6 nitrogen and oxygen atoms in total. The summed E-state index contributed by atoms with van der Waals surface area (Å²) in [5, 5.41) is -0.813. The molecule has 0 saturated carbocycles. The molecule has 1 heterocycles. The van der Waals surface area contributed by atoms with Gasteiger partial charge in [-0.1, -0.05) is 6.07 Å².